The number of aromatic nitrogens is 3. The van der Waals surface area contributed by atoms with Crippen molar-refractivity contribution in [2.45, 2.75) is 76.1 Å². The van der Waals surface area contributed by atoms with Crippen molar-refractivity contribution in [3.63, 3.8) is 0 Å². The number of nitrogens with zero attached hydrogens (tertiary/aromatic N) is 3. The third-order valence-corrected chi connectivity index (χ3v) is 5.61. The predicted octanol–water partition coefficient (Wildman–Crippen LogP) is 3.86. The summed E-state index contributed by atoms with van der Waals surface area (Å²) >= 11 is 1.79. The molecule has 2 aliphatic carbocycles. The van der Waals surface area contributed by atoms with E-state index in [1.165, 1.54) is 44.3 Å². The number of rotatable bonds is 7. The van der Waals surface area contributed by atoms with Gasteiger partial charge in [-0.1, -0.05) is 31.5 Å². The van der Waals surface area contributed by atoms with Crippen molar-refractivity contribution in [2.75, 3.05) is 12.4 Å². The lowest BCUT2D eigenvalue weighted by atomic mass is 9.88. The molecule has 1 aromatic heterocycles. The second kappa shape index (κ2) is 7.14. The van der Waals surface area contributed by atoms with Gasteiger partial charge in [-0.05, 0) is 38.5 Å². The molecule has 2 fully saturated rings. The van der Waals surface area contributed by atoms with E-state index in [0.29, 0.717) is 12.0 Å². The zero-order valence-corrected chi connectivity index (χ0v) is 14.1. The second-order valence-electron chi connectivity index (χ2n) is 6.38. The van der Waals surface area contributed by atoms with Crippen LogP contribution < -0.4 is 0 Å². The molecule has 118 valence electrons. The Balaban J connectivity index is 1.45. The molecule has 0 spiro atoms. The van der Waals surface area contributed by atoms with Crippen LogP contribution in [0.2, 0.25) is 0 Å². The van der Waals surface area contributed by atoms with Crippen molar-refractivity contribution < 1.29 is 4.74 Å². The van der Waals surface area contributed by atoms with Crippen LogP contribution in [-0.2, 0) is 11.3 Å². The summed E-state index contributed by atoms with van der Waals surface area (Å²) in [5, 5.41) is 9.82. The monoisotopic (exact) mass is 309 g/mol. The normalized spacial score (nSPS) is 26.2. The average Bonchev–Trinajstić information content (AvgIpc) is 3.26. The van der Waals surface area contributed by atoms with Gasteiger partial charge in [-0.2, -0.15) is 0 Å². The summed E-state index contributed by atoms with van der Waals surface area (Å²) in [7, 11) is 0. The first-order valence-corrected chi connectivity index (χ1v) is 9.45. The molecule has 2 saturated carbocycles. The first-order chi connectivity index (χ1) is 10.3. The van der Waals surface area contributed by atoms with Crippen molar-refractivity contribution in [1.82, 2.24) is 14.8 Å². The summed E-state index contributed by atoms with van der Waals surface area (Å²) in [6, 6.07) is 0. The smallest absolute Gasteiger partial charge is 0.191 e. The van der Waals surface area contributed by atoms with Crippen LogP contribution in [0.4, 0.5) is 0 Å². The van der Waals surface area contributed by atoms with Crippen LogP contribution in [0.5, 0.6) is 0 Å². The molecule has 2 unspecified atom stereocenters. The predicted molar refractivity (Wildman–Crippen MR) is 85.8 cm³/mol. The quantitative estimate of drug-likeness (QED) is 0.566. The van der Waals surface area contributed by atoms with Crippen molar-refractivity contribution >= 4 is 11.8 Å². The minimum absolute atomic E-state index is 0.477. The first kappa shape index (κ1) is 15.3. The molecular weight excluding hydrogens is 282 g/mol. The van der Waals surface area contributed by atoms with E-state index < -0.39 is 0 Å². The Kier molecular flexibility index (Phi) is 5.22. The van der Waals surface area contributed by atoms with Crippen molar-refractivity contribution in [3.05, 3.63) is 5.82 Å². The van der Waals surface area contributed by atoms with Gasteiger partial charge in [-0.15, -0.1) is 10.2 Å². The van der Waals surface area contributed by atoms with Crippen LogP contribution in [-0.4, -0.2) is 33.2 Å². The van der Waals surface area contributed by atoms with Crippen LogP contribution >= 0.6 is 11.8 Å². The molecule has 4 nitrogen and oxygen atoms in total. The minimum atomic E-state index is 0.477. The zero-order valence-electron chi connectivity index (χ0n) is 13.3. The highest BCUT2D eigenvalue weighted by Crippen LogP contribution is 2.40. The molecule has 0 radical (unpaired) electrons. The minimum Gasteiger partial charge on any atom is -0.377 e. The molecular formula is C16H27N3OS. The molecule has 2 atom stereocenters. The first-order valence-electron chi connectivity index (χ1n) is 8.47. The Labute approximate surface area is 132 Å². The highest BCUT2D eigenvalue weighted by molar-refractivity contribution is 7.99. The summed E-state index contributed by atoms with van der Waals surface area (Å²) in [4.78, 5) is 0. The standard InChI is InChI=1S/C16H27N3OS/c1-3-19-15(13-8-9-13)17-18-16(19)21-11-10-20-14-7-5-4-6-12(14)2/h12-14H,3-11H2,1-2H3. The van der Waals surface area contributed by atoms with E-state index >= 15 is 0 Å². The maximum Gasteiger partial charge on any atom is 0.191 e. The van der Waals surface area contributed by atoms with Gasteiger partial charge in [0.15, 0.2) is 5.16 Å². The van der Waals surface area contributed by atoms with E-state index in [1.807, 2.05) is 0 Å². The topological polar surface area (TPSA) is 39.9 Å². The molecule has 1 aromatic rings. The maximum absolute atomic E-state index is 6.08. The fourth-order valence-electron chi connectivity index (χ4n) is 3.21. The summed E-state index contributed by atoms with van der Waals surface area (Å²) < 4.78 is 8.36. The van der Waals surface area contributed by atoms with Gasteiger partial charge in [0.25, 0.3) is 0 Å². The molecule has 1 heterocycles. The van der Waals surface area contributed by atoms with Gasteiger partial charge >= 0.3 is 0 Å². The van der Waals surface area contributed by atoms with E-state index in [0.717, 1.165) is 30.0 Å². The van der Waals surface area contributed by atoms with Crippen molar-refractivity contribution in [2.24, 2.45) is 5.92 Å². The molecule has 0 aliphatic heterocycles. The Morgan fingerprint density at radius 2 is 2.00 bits per heavy atom. The van der Waals surface area contributed by atoms with Crippen molar-refractivity contribution in [3.8, 4) is 0 Å². The van der Waals surface area contributed by atoms with Gasteiger partial charge in [-0.3, -0.25) is 0 Å². The Morgan fingerprint density at radius 3 is 2.71 bits per heavy atom. The summed E-state index contributed by atoms with van der Waals surface area (Å²) in [6.07, 6.45) is 8.31. The highest BCUT2D eigenvalue weighted by Gasteiger charge is 2.30. The molecule has 5 heteroatoms. The van der Waals surface area contributed by atoms with E-state index in [1.54, 1.807) is 11.8 Å². The SMILES string of the molecule is CCn1c(SCCOC2CCCCC2C)nnc1C1CC1. The van der Waals surface area contributed by atoms with E-state index in [-0.39, 0.29) is 0 Å². The molecule has 21 heavy (non-hydrogen) atoms. The van der Waals surface area contributed by atoms with Crippen LogP contribution in [0.15, 0.2) is 5.16 Å². The summed E-state index contributed by atoms with van der Waals surface area (Å²) in [5.41, 5.74) is 0. The van der Waals surface area contributed by atoms with Crippen LogP contribution in [0.1, 0.15) is 64.1 Å². The Hall–Kier alpha value is -0.550. The molecule has 0 saturated heterocycles. The third-order valence-electron chi connectivity index (χ3n) is 4.68. The van der Waals surface area contributed by atoms with Gasteiger partial charge in [0.1, 0.15) is 5.82 Å². The van der Waals surface area contributed by atoms with Gasteiger partial charge < -0.3 is 9.30 Å². The van der Waals surface area contributed by atoms with Crippen LogP contribution in [0.3, 0.4) is 0 Å². The average molecular weight is 309 g/mol. The largest absolute Gasteiger partial charge is 0.377 e. The molecule has 0 N–H and O–H groups in total. The lowest BCUT2D eigenvalue weighted by Gasteiger charge is -2.28. The summed E-state index contributed by atoms with van der Waals surface area (Å²) in [5.74, 6) is 3.57. The Morgan fingerprint density at radius 1 is 1.19 bits per heavy atom. The van der Waals surface area contributed by atoms with E-state index in [4.69, 9.17) is 4.74 Å². The fraction of sp³-hybridized carbons (Fsp3) is 0.875. The number of hydrogen-bond donors (Lipinski definition) is 0. The van der Waals surface area contributed by atoms with Gasteiger partial charge in [-0.25, -0.2) is 0 Å². The lowest BCUT2D eigenvalue weighted by Crippen LogP contribution is -2.26. The summed E-state index contributed by atoms with van der Waals surface area (Å²) in [6.45, 7) is 6.31. The molecule has 2 aliphatic rings. The van der Waals surface area contributed by atoms with E-state index in [2.05, 4.69) is 28.6 Å². The third kappa shape index (κ3) is 3.81. The Bertz CT molecular complexity index is 458. The molecule has 3 rings (SSSR count). The van der Waals surface area contributed by atoms with Gasteiger partial charge in [0.05, 0.1) is 12.7 Å². The fourth-order valence-corrected chi connectivity index (χ4v) is 4.05. The van der Waals surface area contributed by atoms with Gasteiger partial charge in [0.2, 0.25) is 0 Å². The van der Waals surface area contributed by atoms with Crippen molar-refractivity contribution in [1.29, 1.82) is 0 Å². The van der Waals surface area contributed by atoms with E-state index in [9.17, 15) is 0 Å². The number of thioether (sulfide) groups is 1. The van der Waals surface area contributed by atoms with Crippen LogP contribution in [0, 0.1) is 5.92 Å². The number of ether oxygens (including phenoxy) is 1. The maximum atomic E-state index is 6.08. The molecule has 0 aromatic carbocycles. The highest BCUT2D eigenvalue weighted by atomic mass is 32.2. The zero-order chi connectivity index (χ0) is 14.7. The second-order valence-corrected chi connectivity index (χ2v) is 7.44. The molecule has 0 bridgehead atoms. The number of hydrogen-bond acceptors (Lipinski definition) is 4. The lowest BCUT2D eigenvalue weighted by molar-refractivity contribution is 0.00345. The van der Waals surface area contributed by atoms with Gasteiger partial charge in [0, 0.05) is 18.2 Å². The van der Waals surface area contributed by atoms with Crippen LogP contribution in [0.25, 0.3) is 0 Å². The molecule has 0 amide bonds.